The van der Waals surface area contributed by atoms with Crippen molar-refractivity contribution in [1.82, 2.24) is 9.97 Å². The van der Waals surface area contributed by atoms with Crippen LogP contribution in [0.2, 0.25) is 0 Å². The second kappa shape index (κ2) is 6.01. The van der Waals surface area contributed by atoms with Gasteiger partial charge in [0.15, 0.2) is 0 Å². The number of carbonyl (C=O) groups is 1. The topological polar surface area (TPSA) is 75.6 Å². The van der Waals surface area contributed by atoms with Gasteiger partial charge < -0.3 is 14.7 Å². The Morgan fingerprint density at radius 2 is 2.15 bits per heavy atom. The first-order valence-corrected chi connectivity index (χ1v) is 6.03. The van der Waals surface area contributed by atoms with E-state index >= 15 is 0 Å². The predicted molar refractivity (Wildman–Crippen MR) is 74.2 cm³/mol. The van der Waals surface area contributed by atoms with Crippen LogP contribution in [0.5, 0.6) is 11.6 Å². The Bertz CT molecular complexity index is 614. The van der Waals surface area contributed by atoms with Gasteiger partial charge in [0.1, 0.15) is 5.75 Å². The minimum absolute atomic E-state index is 0.0378. The van der Waals surface area contributed by atoms with Crippen LogP contribution in [0.25, 0.3) is 0 Å². The molecule has 0 atom stereocenters. The molecule has 0 fully saturated rings. The normalized spacial score (nSPS) is 10.1. The summed E-state index contributed by atoms with van der Waals surface area (Å²) in [5.41, 5.74) is 0.678. The van der Waals surface area contributed by atoms with Crippen molar-refractivity contribution in [2.24, 2.45) is 0 Å². The molecular weight excluding hydrogens is 258 g/mol. The van der Waals surface area contributed by atoms with Crippen LogP contribution in [0, 0.1) is 0 Å². The van der Waals surface area contributed by atoms with E-state index in [2.05, 4.69) is 9.97 Å². The lowest BCUT2D eigenvalue weighted by molar-refractivity contribution is -0.136. The van der Waals surface area contributed by atoms with Crippen LogP contribution in [-0.2, 0) is 11.2 Å². The molecule has 0 spiro atoms. The maximum Gasteiger partial charge on any atom is 0.307 e. The van der Waals surface area contributed by atoms with E-state index in [1.165, 1.54) is 0 Å². The summed E-state index contributed by atoms with van der Waals surface area (Å²) < 4.78 is 5.62. The molecule has 6 nitrogen and oxygen atoms in total. The van der Waals surface area contributed by atoms with Gasteiger partial charge in [-0.05, 0) is 17.7 Å². The van der Waals surface area contributed by atoms with Crippen LogP contribution in [-0.4, -0.2) is 35.1 Å². The van der Waals surface area contributed by atoms with Gasteiger partial charge in [-0.1, -0.05) is 12.1 Å². The molecule has 0 aliphatic heterocycles. The molecule has 1 heterocycles. The molecule has 1 aromatic carbocycles. The highest BCUT2D eigenvalue weighted by Crippen LogP contribution is 2.21. The summed E-state index contributed by atoms with van der Waals surface area (Å²) in [6, 6.07) is 8.58. The average molecular weight is 273 g/mol. The van der Waals surface area contributed by atoms with Crippen molar-refractivity contribution in [3.05, 3.63) is 42.1 Å². The molecule has 0 saturated heterocycles. The Labute approximate surface area is 116 Å². The molecule has 2 rings (SSSR count). The van der Waals surface area contributed by atoms with Crippen molar-refractivity contribution in [2.45, 2.75) is 6.42 Å². The highest BCUT2D eigenvalue weighted by molar-refractivity contribution is 5.70. The van der Waals surface area contributed by atoms with Crippen molar-refractivity contribution in [3.63, 3.8) is 0 Å². The Morgan fingerprint density at radius 3 is 2.85 bits per heavy atom. The number of ether oxygens (including phenoxy) is 1. The number of aliphatic carboxylic acids is 1. The van der Waals surface area contributed by atoms with Crippen LogP contribution < -0.4 is 9.64 Å². The first-order valence-electron chi connectivity index (χ1n) is 6.03. The molecule has 0 amide bonds. The summed E-state index contributed by atoms with van der Waals surface area (Å²) in [6.07, 6.45) is 1.57. The monoisotopic (exact) mass is 273 g/mol. The molecule has 0 aliphatic carbocycles. The summed E-state index contributed by atoms with van der Waals surface area (Å²) in [4.78, 5) is 20.8. The molecule has 0 radical (unpaired) electrons. The molecule has 0 saturated carbocycles. The first-order chi connectivity index (χ1) is 9.54. The molecule has 2 aromatic rings. The number of carboxylic acids is 1. The van der Waals surface area contributed by atoms with Gasteiger partial charge in [-0.3, -0.25) is 4.79 Å². The van der Waals surface area contributed by atoms with Gasteiger partial charge in [-0.2, -0.15) is 4.98 Å². The van der Waals surface area contributed by atoms with E-state index in [1.807, 2.05) is 14.1 Å². The molecule has 104 valence electrons. The van der Waals surface area contributed by atoms with Crippen molar-refractivity contribution in [2.75, 3.05) is 19.0 Å². The number of carboxylic acid groups (broad SMARTS) is 1. The quantitative estimate of drug-likeness (QED) is 0.897. The third-order valence-corrected chi connectivity index (χ3v) is 2.49. The van der Waals surface area contributed by atoms with E-state index in [1.54, 1.807) is 41.4 Å². The minimum Gasteiger partial charge on any atom is -0.481 e. The van der Waals surface area contributed by atoms with Crippen LogP contribution in [0.3, 0.4) is 0 Å². The number of anilines is 1. The van der Waals surface area contributed by atoms with Gasteiger partial charge in [0.25, 0.3) is 0 Å². The van der Waals surface area contributed by atoms with Gasteiger partial charge >= 0.3 is 5.97 Å². The number of hydrogen-bond donors (Lipinski definition) is 1. The second-order valence-corrected chi connectivity index (χ2v) is 4.41. The first kappa shape index (κ1) is 13.8. The highest BCUT2D eigenvalue weighted by Gasteiger charge is 2.05. The number of nitrogens with zero attached hydrogens (tertiary/aromatic N) is 3. The molecule has 0 unspecified atom stereocenters. The highest BCUT2D eigenvalue weighted by atomic mass is 16.5. The summed E-state index contributed by atoms with van der Waals surface area (Å²) in [5.74, 6) is 0.631. The summed E-state index contributed by atoms with van der Waals surface area (Å²) in [5, 5.41) is 8.78. The summed E-state index contributed by atoms with van der Waals surface area (Å²) >= 11 is 0. The van der Waals surface area contributed by atoms with Crippen LogP contribution in [0.1, 0.15) is 5.56 Å². The zero-order valence-electron chi connectivity index (χ0n) is 11.3. The van der Waals surface area contributed by atoms with Crippen molar-refractivity contribution in [1.29, 1.82) is 0 Å². The molecule has 6 heteroatoms. The van der Waals surface area contributed by atoms with Crippen LogP contribution in [0.4, 0.5) is 5.95 Å². The number of aromatic nitrogens is 2. The Morgan fingerprint density at radius 1 is 1.35 bits per heavy atom. The smallest absolute Gasteiger partial charge is 0.307 e. The summed E-state index contributed by atoms with van der Waals surface area (Å²) in [7, 11) is 3.68. The number of rotatable bonds is 5. The van der Waals surface area contributed by atoms with E-state index < -0.39 is 5.97 Å². The second-order valence-electron chi connectivity index (χ2n) is 4.41. The lowest BCUT2D eigenvalue weighted by Crippen LogP contribution is -2.12. The Kier molecular flexibility index (Phi) is 4.14. The maximum atomic E-state index is 10.7. The van der Waals surface area contributed by atoms with Crippen molar-refractivity contribution < 1.29 is 14.6 Å². The van der Waals surface area contributed by atoms with E-state index in [9.17, 15) is 4.79 Å². The number of hydrogen-bond acceptors (Lipinski definition) is 5. The maximum absolute atomic E-state index is 10.7. The zero-order valence-corrected chi connectivity index (χ0v) is 11.3. The van der Waals surface area contributed by atoms with Crippen molar-refractivity contribution >= 4 is 11.9 Å². The molecule has 1 N–H and O–H groups in total. The van der Waals surface area contributed by atoms with Gasteiger partial charge in [0.2, 0.25) is 11.8 Å². The Balaban J connectivity index is 2.17. The van der Waals surface area contributed by atoms with Crippen molar-refractivity contribution in [3.8, 4) is 11.6 Å². The van der Waals surface area contributed by atoms with E-state index in [0.29, 0.717) is 23.1 Å². The van der Waals surface area contributed by atoms with E-state index in [4.69, 9.17) is 9.84 Å². The van der Waals surface area contributed by atoms with E-state index in [0.717, 1.165) is 0 Å². The fraction of sp³-hybridized carbons (Fsp3) is 0.214. The predicted octanol–water partition coefficient (Wildman–Crippen LogP) is 1.96. The van der Waals surface area contributed by atoms with Gasteiger partial charge in [0.05, 0.1) is 6.42 Å². The van der Waals surface area contributed by atoms with Gasteiger partial charge in [-0.25, -0.2) is 4.98 Å². The lowest BCUT2D eigenvalue weighted by Gasteiger charge is -2.11. The standard InChI is InChI=1S/C14H15N3O3/c1-17(2)14-15-7-6-12(16-14)20-11-5-3-4-10(8-11)9-13(18)19/h3-8H,9H2,1-2H3,(H,18,19). The van der Waals surface area contributed by atoms with Crippen LogP contribution in [0.15, 0.2) is 36.5 Å². The lowest BCUT2D eigenvalue weighted by atomic mass is 10.1. The van der Waals surface area contributed by atoms with Gasteiger partial charge in [-0.15, -0.1) is 0 Å². The summed E-state index contributed by atoms with van der Waals surface area (Å²) in [6.45, 7) is 0. The minimum atomic E-state index is -0.876. The van der Waals surface area contributed by atoms with Crippen LogP contribution >= 0.6 is 0 Å². The molecular formula is C14H15N3O3. The fourth-order valence-electron chi connectivity index (χ4n) is 1.62. The third kappa shape index (κ3) is 3.68. The largest absolute Gasteiger partial charge is 0.481 e. The molecule has 20 heavy (non-hydrogen) atoms. The fourth-order valence-corrected chi connectivity index (χ4v) is 1.62. The molecule has 1 aromatic heterocycles. The van der Waals surface area contributed by atoms with Gasteiger partial charge in [0, 0.05) is 26.4 Å². The Hall–Kier alpha value is -2.63. The van der Waals surface area contributed by atoms with E-state index in [-0.39, 0.29) is 6.42 Å². The zero-order chi connectivity index (χ0) is 14.5. The number of benzene rings is 1. The third-order valence-electron chi connectivity index (χ3n) is 2.49. The SMILES string of the molecule is CN(C)c1nccc(Oc2cccc(CC(=O)O)c2)n1. The molecule has 0 aliphatic rings. The average Bonchev–Trinajstić information content (AvgIpc) is 2.38. The molecule has 0 bridgehead atoms.